The predicted octanol–water partition coefficient (Wildman–Crippen LogP) is 12.8. The van der Waals surface area contributed by atoms with Gasteiger partial charge >= 0.3 is 5.97 Å². The molecule has 4 N–H and O–H groups in total. The zero-order chi connectivity index (χ0) is 46.4. The Morgan fingerprint density at radius 2 is 0.953 bits per heavy atom. The molecule has 1 aliphatic heterocycles. The molecule has 1 fully saturated rings. The first kappa shape index (κ1) is 59.6. The third-order valence-electron chi connectivity index (χ3n) is 11.6. The van der Waals surface area contributed by atoms with E-state index in [2.05, 4.69) is 86.8 Å². The minimum Gasteiger partial charge on any atom is -0.457 e. The van der Waals surface area contributed by atoms with Crippen molar-refractivity contribution in [3.8, 4) is 0 Å². The molecule has 64 heavy (non-hydrogen) atoms. The second-order valence-corrected chi connectivity index (χ2v) is 17.6. The van der Waals surface area contributed by atoms with E-state index in [1.54, 1.807) is 0 Å². The van der Waals surface area contributed by atoms with E-state index in [1.807, 2.05) is 0 Å². The molecule has 0 aromatic heterocycles. The Bertz CT molecular complexity index is 1210. The molecule has 9 nitrogen and oxygen atoms in total. The number of allylic oxidation sites excluding steroid dienone is 12. The molecule has 0 radical (unpaired) electrons. The number of aliphatic hydroxyl groups is 4. The van der Waals surface area contributed by atoms with E-state index in [0.29, 0.717) is 13.0 Å². The molecule has 1 rings (SSSR count). The van der Waals surface area contributed by atoms with Gasteiger partial charge in [-0.3, -0.25) is 4.79 Å². The van der Waals surface area contributed by atoms with E-state index >= 15 is 0 Å². The fraction of sp³-hybridized carbons (Fsp3) is 0.764. The van der Waals surface area contributed by atoms with Crippen LogP contribution in [0.15, 0.2) is 72.9 Å². The molecular formula is C55H96O9. The highest BCUT2D eigenvalue weighted by molar-refractivity contribution is 5.69. The summed E-state index contributed by atoms with van der Waals surface area (Å²) in [5.74, 6) is -0.318. The molecule has 1 heterocycles. The van der Waals surface area contributed by atoms with E-state index in [1.165, 1.54) is 103 Å². The third-order valence-corrected chi connectivity index (χ3v) is 11.6. The number of rotatable bonds is 44. The highest BCUT2D eigenvalue weighted by Gasteiger charge is 2.44. The van der Waals surface area contributed by atoms with Gasteiger partial charge in [-0.1, -0.05) is 209 Å². The molecule has 6 unspecified atom stereocenters. The molecule has 9 heteroatoms. The molecule has 6 atom stereocenters. The van der Waals surface area contributed by atoms with E-state index < -0.39 is 43.4 Å². The first-order valence-corrected chi connectivity index (χ1v) is 26.0. The summed E-state index contributed by atoms with van der Waals surface area (Å²) < 4.78 is 22.9. The monoisotopic (exact) mass is 901 g/mol. The SMILES string of the molecule is CC/C=C\C/C=C\C/C=C\C/C=C\C/C=C\C/C=C\CCCCCCCCCOCC(COC1OC(CO)C(O)C(O)C1O)OC(=O)CCCCCCCCCCCCCCCCC. The molecule has 0 bridgehead atoms. The molecule has 0 amide bonds. The van der Waals surface area contributed by atoms with Gasteiger partial charge in [0.05, 0.1) is 19.8 Å². The quantitative estimate of drug-likeness (QED) is 0.0268. The van der Waals surface area contributed by atoms with Crippen molar-refractivity contribution in [3.05, 3.63) is 72.9 Å². The molecule has 0 aromatic carbocycles. The standard InChI is InChI=1S/C55H96O9/c1-3-5-7-9-11-13-15-17-19-20-21-22-23-24-25-26-27-28-29-31-33-35-37-39-41-43-45-61-47-49(48-62-55-54(60)53(59)52(58)50(46-56)64-55)63-51(57)44-42-40-38-36-34-32-30-18-16-14-12-10-8-6-4-2/h5,7,11,13,17,19,21-22,24-25,27-28,49-50,52-56,58-60H,3-4,6,8-10,12,14-16,18,20,23,26,29-48H2,1-2H3/b7-5-,13-11-,19-17-,22-21-,25-24-,28-27-. The maximum atomic E-state index is 12.8. The first-order chi connectivity index (χ1) is 31.4. The largest absolute Gasteiger partial charge is 0.457 e. The number of carbonyl (C=O) groups is 1. The Labute approximate surface area is 391 Å². The zero-order valence-electron chi connectivity index (χ0n) is 40.8. The maximum Gasteiger partial charge on any atom is 0.306 e. The number of hydrogen-bond donors (Lipinski definition) is 4. The van der Waals surface area contributed by atoms with Gasteiger partial charge in [0.25, 0.3) is 0 Å². The van der Waals surface area contributed by atoms with Gasteiger partial charge in [0, 0.05) is 13.0 Å². The van der Waals surface area contributed by atoms with E-state index in [-0.39, 0.29) is 19.2 Å². The summed E-state index contributed by atoms with van der Waals surface area (Å²) in [4.78, 5) is 12.8. The van der Waals surface area contributed by atoms with Crippen molar-refractivity contribution < 1.29 is 44.2 Å². The summed E-state index contributed by atoms with van der Waals surface area (Å²) in [5, 5.41) is 40.2. The van der Waals surface area contributed by atoms with Crippen LogP contribution in [0.4, 0.5) is 0 Å². The Kier molecular flexibility index (Phi) is 42.7. The average Bonchev–Trinajstić information content (AvgIpc) is 3.30. The minimum atomic E-state index is -1.54. The number of unbranched alkanes of at least 4 members (excludes halogenated alkanes) is 21. The predicted molar refractivity (Wildman–Crippen MR) is 265 cm³/mol. The lowest BCUT2D eigenvalue weighted by Gasteiger charge is -2.39. The van der Waals surface area contributed by atoms with Crippen LogP contribution in [0.2, 0.25) is 0 Å². The van der Waals surface area contributed by atoms with E-state index in [0.717, 1.165) is 83.5 Å². The molecule has 1 aliphatic rings. The topological polar surface area (TPSA) is 135 Å². The fourth-order valence-corrected chi connectivity index (χ4v) is 7.61. The smallest absolute Gasteiger partial charge is 0.306 e. The summed E-state index contributed by atoms with van der Waals surface area (Å²) in [6.45, 7) is 4.43. The van der Waals surface area contributed by atoms with Crippen LogP contribution in [0.3, 0.4) is 0 Å². The summed E-state index contributed by atoms with van der Waals surface area (Å²) >= 11 is 0. The lowest BCUT2D eigenvalue weighted by Crippen LogP contribution is -2.59. The van der Waals surface area contributed by atoms with Crippen molar-refractivity contribution in [2.45, 2.75) is 243 Å². The number of carbonyl (C=O) groups excluding carboxylic acids is 1. The average molecular weight is 901 g/mol. The summed E-state index contributed by atoms with van der Waals surface area (Å²) in [6.07, 6.45) is 53.6. The highest BCUT2D eigenvalue weighted by Crippen LogP contribution is 2.23. The zero-order valence-corrected chi connectivity index (χ0v) is 40.8. The molecule has 0 aliphatic carbocycles. The second kappa shape index (κ2) is 45.8. The van der Waals surface area contributed by atoms with Gasteiger partial charge in [0.2, 0.25) is 0 Å². The van der Waals surface area contributed by atoms with Crippen molar-refractivity contribution in [1.82, 2.24) is 0 Å². The van der Waals surface area contributed by atoms with Crippen LogP contribution >= 0.6 is 0 Å². The van der Waals surface area contributed by atoms with Crippen molar-refractivity contribution in [2.24, 2.45) is 0 Å². The molecule has 370 valence electrons. The molecule has 0 aromatic rings. The van der Waals surface area contributed by atoms with Crippen LogP contribution in [-0.4, -0.2) is 89.6 Å². The number of hydrogen-bond acceptors (Lipinski definition) is 9. The lowest BCUT2D eigenvalue weighted by atomic mass is 9.99. The van der Waals surface area contributed by atoms with Crippen LogP contribution in [0.25, 0.3) is 0 Å². The van der Waals surface area contributed by atoms with Gasteiger partial charge < -0.3 is 39.4 Å². The minimum absolute atomic E-state index is 0.119. The van der Waals surface area contributed by atoms with Crippen LogP contribution < -0.4 is 0 Å². The summed E-state index contributed by atoms with van der Waals surface area (Å²) in [7, 11) is 0. The maximum absolute atomic E-state index is 12.8. The van der Waals surface area contributed by atoms with Crippen LogP contribution in [0.1, 0.15) is 206 Å². The van der Waals surface area contributed by atoms with Crippen LogP contribution in [0, 0.1) is 0 Å². The van der Waals surface area contributed by atoms with E-state index in [9.17, 15) is 25.2 Å². The fourth-order valence-electron chi connectivity index (χ4n) is 7.61. The van der Waals surface area contributed by atoms with E-state index in [4.69, 9.17) is 18.9 Å². The summed E-state index contributed by atoms with van der Waals surface area (Å²) in [5.41, 5.74) is 0. The summed E-state index contributed by atoms with van der Waals surface area (Å²) in [6, 6.07) is 0. The Hall–Kier alpha value is -2.37. The second-order valence-electron chi connectivity index (χ2n) is 17.6. The third kappa shape index (κ3) is 35.8. The van der Waals surface area contributed by atoms with Crippen LogP contribution in [-0.2, 0) is 23.7 Å². The molecule has 0 saturated carbocycles. The van der Waals surface area contributed by atoms with Gasteiger partial charge in [0.1, 0.15) is 30.5 Å². The normalized spacial score (nSPS) is 20.1. The Balaban J connectivity index is 2.20. The van der Waals surface area contributed by atoms with Gasteiger partial charge in [-0.2, -0.15) is 0 Å². The lowest BCUT2D eigenvalue weighted by molar-refractivity contribution is -0.305. The van der Waals surface area contributed by atoms with Crippen LogP contribution in [0.5, 0.6) is 0 Å². The van der Waals surface area contributed by atoms with Gasteiger partial charge in [-0.25, -0.2) is 0 Å². The molecule has 1 saturated heterocycles. The van der Waals surface area contributed by atoms with Gasteiger partial charge in [-0.15, -0.1) is 0 Å². The first-order valence-electron chi connectivity index (χ1n) is 26.0. The molecule has 0 spiro atoms. The van der Waals surface area contributed by atoms with Crippen molar-refractivity contribution in [3.63, 3.8) is 0 Å². The number of esters is 1. The highest BCUT2D eigenvalue weighted by atomic mass is 16.7. The van der Waals surface area contributed by atoms with Gasteiger partial charge in [-0.05, 0) is 64.2 Å². The van der Waals surface area contributed by atoms with Crippen molar-refractivity contribution >= 4 is 5.97 Å². The molecular weight excluding hydrogens is 805 g/mol. The van der Waals surface area contributed by atoms with Gasteiger partial charge in [0.15, 0.2) is 6.29 Å². The Morgan fingerprint density at radius 3 is 1.44 bits per heavy atom. The Morgan fingerprint density at radius 1 is 0.516 bits per heavy atom. The van der Waals surface area contributed by atoms with Crippen molar-refractivity contribution in [2.75, 3.05) is 26.4 Å². The number of aliphatic hydroxyl groups excluding tert-OH is 4. The van der Waals surface area contributed by atoms with Crippen molar-refractivity contribution in [1.29, 1.82) is 0 Å². The number of ether oxygens (including phenoxy) is 4.